The van der Waals surface area contributed by atoms with Crippen molar-refractivity contribution in [3.8, 4) is 5.75 Å². The summed E-state index contributed by atoms with van der Waals surface area (Å²) in [5, 5.41) is 6.70. The third-order valence-electron chi connectivity index (χ3n) is 2.39. The largest absolute Gasteiger partial charge is 0.489 e. The van der Waals surface area contributed by atoms with Gasteiger partial charge in [-0.1, -0.05) is 12.1 Å². The minimum Gasteiger partial charge on any atom is -0.489 e. The molecule has 1 aromatic carbocycles. The number of anilines is 1. The molecule has 82 valence electrons. The Morgan fingerprint density at radius 2 is 2.07 bits per heavy atom. The van der Waals surface area contributed by atoms with Crippen LogP contribution in [-0.2, 0) is 0 Å². The average Bonchev–Trinajstić information content (AvgIpc) is 2.13. The van der Waals surface area contributed by atoms with E-state index in [4.69, 9.17) is 4.74 Å². The average molecular weight is 206 g/mol. The van der Waals surface area contributed by atoms with E-state index < -0.39 is 0 Å². The highest BCUT2D eigenvalue weighted by Crippen LogP contribution is 2.25. The first kappa shape index (κ1) is 10.3. The Labute approximate surface area is 90.8 Å². The monoisotopic (exact) mass is 206 g/mol. The van der Waals surface area contributed by atoms with Crippen molar-refractivity contribution in [1.29, 1.82) is 0 Å². The van der Waals surface area contributed by atoms with Crippen LogP contribution in [0.5, 0.6) is 5.75 Å². The molecule has 2 N–H and O–H groups in total. The summed E-state index contributed by atoms with van der Waals surface area (Å²) in [6.45, 7) is 6.16. The lowest BCUT2D eigenvalue weighted by Gasteiger charge is -2.29. The van der Waals surface area contributed by atoms with Crippen LogP contribution in [0.2, 0.25) is 0 Å². The molecule has 1 heterocycles. The summed E-state index contributed by atoms with van der Waals surface area (Å²) < 4.78 is 5.73. The molecule has 1 saturated heterocycles. The summed E-state index contributed by atoms with van der Waals surface area (Å²) in [5.41, 5.74) is 1.10. The van der Waals surface area contributed by atoms with Crippen molar-refractivity contribution in [3.05, 3.63) is 24.3 Å². The second kappa shape index (κ2) is 4.53. The van der Waals surface area contributed by atoms with E-state index in [9.17, 15) is 0 Å². The van der Waals surface area contributed by atoms with Crippen LogP contribution in [0, 0.1) is 0 Å². The second-order valence-corrected chi connectivity index (χ2v) is 4.16. The Kier molecular flexibility index (Phi) is 3.11. The Bertz CT molecular complexity index is 321. The van der Waals surface area contributed by atoms with E-state index in [-0.39, 0.29) is 6.10 Å². The van der Waals surface area contributed by atoms with Crippen molar-refractivity contribution in [2.24, 2.45) is 0 Å². The van der Waals surface area contributed by atoms with Crippen LogP contribution in [0.15, 0.2) is 24.3 Å². The van der Waals surface area contributed by atoms with Crippen molar-refractivity contribution in [2.45, 2.75) is 26.0 Å². The zero-order chi connectivity index (χ0) is 10.7. The van der Waals surface area contributed by atoms with Gasteiger partial charge >= 0.3 is 0 Å². The molecule has 0 bridgehead atoms. The zero-order valence-corrected chi connectivity index (χ0v) is 9.29. The molecule has 1 aromatic rings. The number of hydrogen-bond donors (Lipinski definition) is 2. The van der Waals surface area contributed by atoms with Gasteiger partial charge < -0.3 is 15.4 Å². The van der Waals surface area contributed by atoms with Crippen LogP contribution in [0.25, 0.3) is 0 Å². The summed E-state index contributed by atoms with van der Waals surface area (Å²) in [5.74, 6) is 0.944. The zero-order valence-electron chi connectivity index (χ0n) is 9.29. The molecule has 1 aliphatic rings. The fraction of sp³-hybridized carbons (Fsp3) is 0.500. The Hall–Kier alpha value is -1.22. The summed E-state index contributed by atoms with van der Waals surface area (Å²) in [6, 6.07) is 8.65. The van der Waals surface area contributed by atoms with Crippen LogP contribution < -0.4 is 15.4 Å². The third kappa shape index (κ3) is 2.63. The predicted octanol–water partition coefficient (Wildman–Crippen LogP) is 1.86. The van der Waals surface area contributed by atoms with Gasteiger partial charge in [0.05, 0.1) is 17.8 Å². The second-order valence-electron chi connectivity index (χ2n) is 4.16. The molecular weight excluding hydrogens is 188 g/mol. The lowest BCUT2D eigenvalue weighted by atomic mass is 10.1. The minimum absolute atomic E-state index is 0.215. The van der Waals surface area contributed by atoms with E-state index in [1.807, 2.05) is 32.0 Å². The minimum atomic E-state index is 0.215. The molecule has 0 amide bonds. The fourth-order valence-corrected chi connectivity index (χ4v) is 1.55. The van der Waals surface area contributed by atoms with Crippen LogP contribution in [0.3, 0.4) is 0 Å². The van der Waals surface area contributed by atoms with E-state index in [2.05, 4.69) is 16.7 Å². The molecule has 0 saturated carbocycles. The number of rotatable bonds is 4. The molecule has 3 heteroatoms. The van der Waals surface area contributed by atoms with Crippen molar-refractivity contribution in [2.75, 3.05) is 18.4 Å². The number of ether oxygens (including phenoxy) is 1. The van der Waals surface area contributed by atoms with Gasteiger partial charge in [-0.25, -0.2) is 0 Å². The van der Waals surface area contributed by atoms with Crippen LogP contribution in [-0.4, -0.2) is 25.2 Å². The maximum Gasteiger partial charge on any atom is 0.142 e. The van der Waals surface area contributed by atoms with Crippen molar-refractivity contribution >= 4 is 5.69 Å². The Morgan fingerprint density at radius 1 is 1.33 bits per heavy atom. The molecule has 1 fully saturated rings. The fourth-order valence-electron chi connectivity index (χ4n) is 1.55. The standard InChI is InChI=1S/C12H18N2O/c1-9(2)15-12-6-4-3-5-11(12)14-10-7-13-8-10/h3-6,9-10,13-14H,7-8H2,1-2H3. The number of hydrogen-bond acceptors (Lipinski definition) is 3. The molecule has 1 aliphatic heterocycles. The summed E-state index contributed by atoms with van der Waals surface area (Å²) in [7, 11) is 0. The van der Waals surface area contributed by atoms with E-state index in [0.717, 1.165) is 24.5 Å². The summed E-state index contributed by atoms with van der Waals surface area (Å²) in [4.78, 5) is 0. The van der Waals surface area contributed by atoms with Gasteiger partial charge in [0.15, 0.2) is 0 Å². The summed E-state index contributed by atoms with van der Waals surface area (Å²) >= 11 is 0. The van der Waals surface area contributed by atoms with Gasteiger partial charge in [-0.3, -0.25) is 0 Å². The third-order valence-corrected chi connectivity index (χ3v) is 2.39. The highest BCUT2D eigenvalue weighted by Gasteiger charge is 2.17. The quantitative estimate of drug-likeness (QED) is 0.789. The molecule has 0 aliphatic carbocycles. The topological polar surface area (TPSA) is 33.3 Å². The van der Waals surface area contributed by atoms with Gasteiger partial charge in [-0.05, 0) is 26.0 Å². The molecular formula is C12H18N2O. The highest BCUT2D eigenvalue weighted by molar-refractivity contribution is 5.57. The van der Waals surface area contributed by atoms with Crippen molar-refractivity contribution < 1.29 is 4.74 Å². The lowest BCUT2D eigenvalue weighted by molar-refractivity contribution is 0.243. The SMILES string of the molecule is CC(C)Oc1ccccc1NC1CNC1. The summed E-state index contributed by atoms with van der Waals surface area (Å²) in [6.07, 6.45) is 0.215. The van der Waals surface area contributed by atoms with Crippen LogP contribution in [0.1, 0.15) is 13.8 Å². The molecule has 3 nitrogen and oxygen atoms in total. The van der Waals surface area contributed by atoms with Crippen LogP contribution >= 0.6 is 0 Å². The maximum absolute atomic E-state index is 5.73. The van der Waals surface area contributed by atoms with E-state index in [0.29, 0.717) is 6.04 Å². The number of benzene rings is 1. The van der Waals surface area contributed by atoms with Gasteiger partial charge in [0.1, 0.15) is 5.75 Å². The van der Waals surface area contributed by atoms with Gasteiger partial charge in [0.2, 0.25) is 0 Å². The molecule has 0 spiro atoms. The first-order chi connectivity index (χ1) is 7.25. The van der Waals surface area contributed by atoms with E-state index in [1.165, 1.54) is 0 Å². The smallest absolute Gasteiger partial charge is 0.142 e. The molecule has 0 aromatic heterocycles. The molecule has 15 heavy (non-hydrogen) atoms. The van der Waals surface area contributed by atoms with Crippen molar-refractivity contribution in [3.63, 3.8) is 0 Å². The number of para-hydroxylation sites is 2. The Morgan fingerprint density at radius 3 is 2.67 bits per heavy atom. The molecule has 0 radical (unpaired) electrons. The normalized spacial score (nSPS) is 16.2. The van der Waals surface area contributed by atoms with Gasteiger partial charge in [0.25, 0.3) is 0 Å². The number of nitrogens with one attached hydrogen (secondary N) is 2. The maximum atomic E-state index is 5.73. The predicted molar refractivity (Wildman–Crippen MR) is 62.5 cm³/mol. The Balaban J connectivity index is 2.06. The van der Waals surface area contributed by atoms with Gasteiger partial charge in [0, 0.05) is 13.1 Å². The first-order valence-electron chi connectivity index (χ1n) is 5.48. The van der Waals surface area contributed by atoms with Gasteiger partial charge in [-0.2, -0.15) is 0 Å². The highest BCUT2D eigenvalue weighted by atomic mass is 16.5. The molecule has 0 atom stereocenters. The van der Waals surface area contributed by atoms with Crippen molar-refractivity contribution in [1.82, 2.24) is 5.32 Å². The van der Waals surface area contributed by atoms with Gasteiger partial charge in [-0.15, -0.1) is 0 Å². The molecule has 2 rings (SSSR count). The van der Waals surface area contributed by atoms with Crippen LogP contribution in [0.4, 0.5) is 5.69 Å². The lowest BCUT2D eigenvalue weighted by Crippen LogP contribution is -2.51. The first-order valence-corrected chi connectivity index (χ1v) is 5.48. The van der Waals surface area contributed by atoms with E-state index in [1.54, 1.807) is 0 Å². The molecule has 0 unspecified atom stereocenters. The van der Waals surface area contributed by atoms with E-state index >= 15 is 0 Å².